The van der Waals surface area contributed by atoms with Gasteiger partial charge in [-0.25, -0.2) is 8.78 Å². The second-order valence-corrected chi connectivity index (χ2v) is 4.44. The van der Waals surface area contributed by atoms with Gasteiger partial charge in [0.25, 0.3) is 0 Å². The van der Waals surface area contributed by atoms with Gasteiger partial charge in [-0.05, 0) is 30.7 Å². The standard InChI is InChI=1S/C15H16F2N2O/c1-2-12(18)15(13-5-3-4-8-19-13)20-14-7-6-10(16)9-11(14)17/h3-9,12,15H,2,18H2,1H3. The Kier molecular flexibility index (Phi) is 4.63. The number of benzene rings is 1. The maximum atomic E-state index is 13.7. The van der Waals surface area contributed by atoms with Crippen LogP contribution in [0.4, 0.5) is 8.78 Å². The van der Waals surface area contributed by atoms with E-state index in [-0.39, 0.29) is 11.8 Å². The fourth-order valence-electron chi connectivity index (χ4n) is 1.83. The van der Waals surface area contributed by atoms with E-state index in [1.54, 1.807) is 18.3 Å². The monoisotopic (exact) mass is 278 g/mol. The minimum atomic E-state index is -0.755. The lowest BCUT2D eigenvalue weighted by atomic mass is 10.1. The zero-order valence-corrected chi connectivity index (χ0v) is 11.1. The Labute approximate surface area is 116 Å². The van der Waals surface area contributed by atoms with Crippen molar-refractivity contribution in [1.29, 1.82) is 0 Å². The van der Waals surface area contributed by atoms with Crippen LogP contribution in [0.2, 0.25) is 0 Å². The van der Waals surface area contributed by atoms with Crippen molar-refractivity contribution < 1.29 is 13.5 Å². The highest BCUT2D eigenvalue weighted by molar-refractivity contribution is 5.26. The molecule has 0 aliphatic rings. The topological polar surface area (TPSA) is 48.1 Å². The first-order valence-corrected chi connectivity index (χ1v) is 6.40. The van der Waals surface area contributed by atoms with Gasteiger partial charge in [-0.1, -0.05) is 13.0 Å². The molecule has 2 rings (SSSR count). The number of aromatic nitrogens is 1. The number of pyridine rings is 1. The lowest BCUT2D eigenvalue weighted by molar-refractivity contribution is 0.159. The SMILES string of the molecule is CCC(N)C(Oc1ccc(F)cc1F)c1ccccn1. The van der Waals surface area contributed by atoms with Gasteiger partial charge in [-0.2, -0.15) is 0 Å². The van der Waals surface area contributed by atoms with Gasteiger partial charge in [0.1, 0.15) is 5.82 Å². The zero-order valence-electron chi connectivity index (χ0n) is 11.1. The molecule has 0 spiro atoms. The maximum Gasteiger partial charge on any atom is 0.168 e. The maximum absolute atomic E-state index is 13.7. The minimum absolute atomic E-state index is 0.0362. The molecule has 0 saturated carbocycles. The number of halogens is 2. The lowest BCUT2D eigenvalue weighted by Crippen LogP contribution is -2.32. The first-order valence-electron chi connectivity index (χ1n) is 6.40. The van der Waals surface area contributed by atoms with Gasteiger partial charge in [0, 0.05) is 18.3 Å². The molecule has 0 radical (unpaired) electrons. The molecule has 1 aromatic heterocycles. The second-order valence-electron chi connectivity index (χ2n) is 4.44. The van der Waals surface area contributed by atoms with E-state index in [1.807, 2.05) is 13.0 Å². The van der Waals surface area contributed by atoms with Gasteiger partial charge >= 0.3 is 0 Å². The fraction of sp³-hybridized carbons (Fsp3) is 0.267. The Morgan fingerprint density at radius 2 is 2.05 bits per heavy atom. The quantitative estimate of drug-likeness (QED) is 0.913. The van der Waals surface area contributed by atoms with Crippen molar-refractivity contribution in [2.24, 2.45) is 5.73 Å². The van der Waals surface area contributed by atoms with Crippen molar-refractivity contribution >= 4 is 0 Å². The van der Waals surface area contributed by atoms with Crippen LogP contribution in [0.1, 0.15) is 25.1 Å². The highest BCUT2D eigenvalue weighted by Gasteiger charge is 2.23. The van der Waals surface area contributed by atoms with E-state index in [1.165, 1.54) is 6.07 Å². The van der Waals surface area contributed by atoms with Gasteiger partial charge in [-0.15, -0.1) is 0 Å². The smallest absolute Gasteiger partial charge is 0.168 e. The third kappa shape index (κ3) is 3.30. The molecular weight excluding hydrogens is 262 g/mol. The second kappa shape index (κ2) is 6.43. The molecule has 0 bridgehead atoms. The van der Waals surface area contributed by atoms with E-state index in [2.05, 4.69) is 4.98 Å². The van der Waals surface area contributed by atoms with Crippen LogP contribution in [0, 0.1) is 11.6 Å². The molecule has 2 unspecified atom stereocenters. The summed E-state index contributed by atoms with van der Waals surface area (Å²) in [5, 5.41) is 0. The Hall–Kier alpha value is -2.01. The number of nitrogens with zero attached hydrogens (tertiary/aromatic N) is 1. The number of ether oxygens (including phenoxy) is 1. The van der Waals surface area contributed by atoms with Gasteiger partial charge in [-0.3, -0.25) is 4.98 Å². The van der Waals surface area contributed by atoms with E-state index in [0.29, 0.717) is 12.1 Å². The summed E-state index contributed by atoms with van der Waals surface area (Å²) in [4.78, 5) is 4.19. The Morgan fingerprint density at radius 3 is 2.65 bits per heavy atom. The van der Waals surface area contributed by atoms with Crippen LogP contribution in [0.5, 0.6) is 5.75 Å². The molecule has 5 heteroatoms. The number of nitrogens with two attached hydrogens (primary N) is 1. The highest BCUT2D eigenvalue weighted by Crippen LogP contribution is 2.26. The van der Waals surface area contributed by atoms with Crippen LogP contribution in [0.15, 0.2) is 42.6 Å². The van der Waals surface area contributed by atoms with E-state index < -0.39 is 17.7 Å². The predicted octanol–water partition coefficient (Wildman–Crippen LogP) is 3.22. The van der Waals surface area contributed by atoms with Crippen LogP contribution < -0.4 is 10.5 Å². The van der Waals surface area contributed by atoms with Crippen molar-refractivity contribution in [1.82, 2.24) is 4.98 Å². The molecule has 20 heavy (non-hydrogen) atoms. The van der Waals surface area contributed by atoms with Crippen molar-refractivity contribution in [2.75, 3.05) is 0 Å². The van der Waals surface area contributed by atoms with Gasteiger partial charge in [0.2, 0.25) is 0 Å². The normalized spacial score (nSPS) is 13.8. The van der Waals surface area contributed by atoms with Crippen molar-refractivity contribution in [3.8, 4) is 5.75 Å². The molecular formula is C15H16F2N2O. The Balaban J connectivity index is 2.29. The van der Waals surface area contributed by atoms with Gasteiger partial charge in [0.05, 0.1) is 5.69 Å². The molecule has 3 nitrogen and oxygen atoms in total. The number of hydrogen-bond donors (Lipinski definition) is 1. The lowest BCUT2D eigenvalue weighted by Gasteiger charge is -2.24. The summed E-state index contributed by atoms with van der Waals surface area (Å²) in [6.45, 7) is 1.91. The van der Waals surface area contributed by atoms with Crippen LogP contribution in [-0.4, -0.2) is 11.0 Å². The summed E-state index contributed by atoms with van der Waals surface area (Å²) < 4.78 is 32.2. The first kappa shape index (κ1) is 14.4. The molecule has 2 aromatic rings. The van der Waals surface area contributed by atoms with Gasteiger partial charge in [0.15, 0.2) is 17.7 Å². The summed E-state index contributed by atoms with van der Waals surface area (Å²) in [6, 6.07) is 8.19. The van der Waals surface area contributed by atoms with E-state index >= 15 is 0 Å². The summed E-state index contributed by atoms with van der Waals surface area (Å²) in [6.07, 6.45) is 1.68. The molecule has 2 N–H and O–H groups in total. The third-order valence-corrected chi connectivity index (χ3v) is 2.99. The summed E-state index contributed by atoms with van der Waals surface area (Å²) in [7, 11) is 0. The van der Waals surface area contributed by atoms with Crippen LogP contribution in [-0.2, 0) is 0 Å². The minimum Gasteiger partial charge on any atom is -0.479 e. The Bertz CT molecular complexity index is 563. The third-order valence-electron chi connectivity index (χ3n) is 2.99. The summed E-state index contributed by atoms with van der Waals surface area (Å²) in [5.41, 5.74) is 6.63. The number of hydrogen-bond acceptors (Lipinski definition) is 3. The average molecular weight is 278 g/mol. The van der Waals surface area contributed by atoms with Crippen LogP contribution in [0.25, 0.3) is 0 Å². The van der Waals surface area contributed by atoms with E-state index in [0.717, 1.165) is 12.1 Å². The highest BCUT2D eigenvalue weighted by atomic mass is 19.1. The molecule has 0 aliphatic carbocycles. The predicted molar refractivity (Wildman–Crippen MR) is 72.2 cm³/mol. The van der Waals surface area contributed by atoms with Crippen molar-refractivity contribution in [2.45, 2.75) is 25.5 Å². The molecule has 0 aliphatic heterocycles. The molecule has 0 fully saturated rings. The largest absolute Gasteiger partial charge is 0.479 e. The Morgan fingerprint density at radius 1 is 1.25 bits per heavy atom. The summed E-state index contributed by atoms with van der Waals surface area (Å²) in [5.74, 6) is -1.44. The van der Waals surface area contributed by atoms with Crippen molar-refractivity contribution in [3.63, 3.8) is 0 Å². The van der Waals surface area contributed by atoms with Crippen LogP contribution in [0.3, 0.4) is 0 Å². The van der Waals surface area contributed by atoms with Gasteiger partial charge < -0.3 is 10.5 Å². The van der Waals surface area contributed by atoms with E-state index in [9.17, 15) is 8.78 Å². The molecule has 106 valence electrons. The van der Waals surface area contributed by atoms with Crippen LogP contribution >= 0.6 is 0 Å². The summed E-state index contributed by atoms with van der Waals surface area (Å²) >= 11 is 0. The van der Waals surface area contributed by atoms with Crippen molar-refractivity contribution in [3.05, 3.63) is 59.9 Å². The van der Waals surface area contributed by atoms with E-state index in [4.69, 9.17) is 10.5 Å². The average Bonchev–Trinajstić information content (AvgIpc) is 2.46. The zero-order chi connectivity index (χ0) is 14.5. The fourth-order valence-corrected chi connectivity index (χ4v) is 1.83. The number of rotatable bonds is 5. The molecule has 0 saturated heterocycles. The molecule has 1 aromatic carbocycles. The molecule has 1 heterocycles. The molecule has 2 atom stereocenters. The molecule has 0 amide bonds. The first-order chi connectivity index (χ1) is 9.61.